The van der Waals surface area contributed by atoms with Gasteiger partial charge in [-0.3, -0.25) is 9.59 Å². The van der Waals surface area contributed by atoms with Crippen LogP contribution in [0, 0.1) is 0 Å². The van der Waals surface area contributed by atoms with Crippen LogP contribution >= 0.6 is 23.2 Å². The first kappa shape index (κ1) is 21.3. The molecule has 0 fully saturated rings. The van der Waals surface area contributed by atoms with Crippen LogP contribution in [0.1, 0.15) is 31.4 Å². The molecule has 0 bridgehead atoms. The maximum atomic E-state index is 12.9. The van der Waals surface area contributed by atoms with Gasteiger partial charge in [-0.2, -0.15) is 0 Å². The molecular formula is C21H24Cl2N2O2. The van der Waals surface area contributed by atoms with Crippen molar-refractivity contribution in [2.75, 3.05) is 6.54 Å². The molecule has 0 saturated heterocycles. The minimum Gasteiger partial charge on any atom is -0.355 e. The van der Waals surface area contributed by atoms with Crippen molar-refractivity contribution in [3.63, 3.8) is 0 Å². The summed E-state index contributed by atoms with van der Waals surface area (Å²) in [7, 11) is 0. The molecule has 144 valence electrons. The van der Waals surface area contributed by atoms with Crippen LogP contribution in [-0.2, 0) is 22.6 Å². The fourth-order valence-corrected chi connectivity index (χ4v) is 3.25. The van der Waals surface area contributed by atoms with Crippen molar-refractivity contribution >= 4 is 35.0 Å². The van der Waals surface area contributed by atoms with Crippen LogP contribution < -0.4 is 5.32 Å². The van der Waals surface area contributed by atoms with E-state index in [0.717, 1.165) is 11.1 Å². The number of hydrogen-bond donors (Lipinski definition) is 1. The quantitative estimate of drug-likeness (QED) is 0.702. The third-order valence-corrected chi connectivity index (χ3v) is 4.93. The Kier molecular flexibility index (Phi) is 8.14. The van der Waals surface area contributed by atoms with Crippen LogP contribution in [-0.4, -0.2) is 29.3 Å². The molecule has 1 atom stereocenters. The number of halogens is 2. The number of aryl methyl sites for hydroxylation is 1. The van der Waals surface area contributed by atoms with Crippen LogP contribution in [0.5, 0.6) is 0 Å². The summed E-state index contributed by atoms with van der Waals surface area (Å²) in [6.07, 6.45) is 0.936. The molecule has 0 aromatic heterocycles. The normalized spacial score (nSPS) is 11.7. The van der Waals surface area contributed by atoms with E-state index in [4.69, 9.17) is 23.2 Å². The topological polar surface area (TPSA) is 49.4 Å². The number of benzene rings is 2. The van der Waals surface area contributed by atoms with Crippen LogP contribution in [0.2, 0.25) is 10.0 Å². The van der Waals surface area contributed by atoms with E-state index in [2.05, 4.69) is 5.32 Å². The molecule has 4 nitrogen and oxygen atoms in total. The van der Waals surface area contributed by atoms with Gasteiger partial charge in [-0.05, 0) is 43.5 Å². The molecule has 0 aliphatic carbocycles. The van der Waals surface area contributed by atoms with Gasteiger partial charge in [-0.15, -0.1) is 0 Å². The lowest BCUT2D eigenvalue weighted by molar-refractivity contribution is -0.140. The van der Waals surface area contributed by atoms with Crippen molar-refractivity contribution in [1.82, 2.24) is 10.2 Å². The van der Waals surface area contributed by atoms with Crippen molar-refractivity contribution < 1.29 is 9.59 Å². The van der Waals surface area contributed by atoms with Gasteiger partial charge in [0, 0.05) is 29.6 Å². The molecule has 2 rings (SSSR count). The molecule has 0 aliphatic rings. The molecule has 1 N–H and O–H groups in total. The lowest BCUT2D eigenvalue weighted by Gasteiger charge is -2.29. The molecule has 0 saturated carbocycles. The van der Waals surface area contributed by atoms with Crippen molar-refractivity contribution in [3.05, 3.63) is 69.7 Å². The summed E-state index contributed by atoms with van der Waals surface area (Å²) in [5.41, 5.74) is 1.84. The minimum absolute atomic E-state index is 0.0939. The van der Waals surface area contributed by atoms with Crippen LogP contribution in [0.15, 0.2) is 48.5 Å². The average Bonchev–Trinajstić information content (AvgIpc) is 2.66. The van der Waals surface area contributed by atoms with Gasteiger partial charge in [0.2, 0.25) is 11.8 Å². The molecule has 0 radical (unpaired) electrons. The van der Waals surface area contributed by atoms with Crippen molar-refractivity contribution in [2.45, 2.75) is 39.3 Å². The number of rotatable bonds is 8. The van der Waals surface area contributed by atoms with Gasteiger partial charge in [0.25, 0.3) is 0 Å². The summed E-state index contributed by atoms with van der Waals surface area (Å²) >= 11 is 12.2. The Morgan fingerprint density at radius 1 is 1.11 bits per heavy atom. The standard InChI is InChI=1S/C21H24Cl2N2O2/c1-3-24-21(27)15(2)25(14-17-10-11-18(22)13-19(17)23)20(26)12-9-16-7-5-4-6-8-16/h4-8,10-11,13,15H,3,9,12,14H2,1-2H3,(H,24,27)/t15-/m0/s1. The van der Waals surface area contributed by atoms with Crippen molar-refractivity contribution in [2.24, 2.45) is 0 Å². The molecule has 0 heterocycles. The number of nitrogens with zero attached hydrogens (tertiary/aromatic N) is 1. The third kappa shape index (κ3) is 6.26. The summed E-state index contributed by atoms with van der Waals surface area (Å²) in [6, 6.07) is 14.4. The van der Waals surface area contributed by atoms with Gasteiger partial charge in [-0.1, -0.05) is 59.6 Å². The lowest BCUT2D eigenvalue weighted by Crippen LogP contribution is -2.47. The summed E-state index contributed by atoms with van der Waals surface area (Å²) in [5.74, 6) is -0.278. The monoisotopic (exact) mass is 406 g/mol. The lowest BCUT2D eigenvalue weighted by atomic mass is 10.1. The van der Waals surface area contributed by atoms with E-state index >= 15 is 0 Å². The molecule has 0 unspecified atom stereocenters. The Labute approximate surface area is 170 Å². The van der Waals surface area contributed by atoms with E-state index in [0.29, 0.717) is 29.4 Å². The number of amides is 2. The summed E-state index contributed by atoms with van der Waals surface area (Å²) in [5, 5.41) is 3.79. The first-order valence-corrected chi connectivity index (χ1v) is 9.73. The first-order valence-electron chi connectivity index (χ1n) is 8.97. The minimum atomic E-state index is -0.597. The molecular weight excluding hydrogens is 383 g/mol. The van der Waals surface area contributed by atoms with Crippen LogP contribution in [0.25, 0.3) is 0 Å². The van der Waals surface area contributed by atoms with E-state index < -0.39 is 6.04 Å². The van der Waals surface area contributed by atoms with E-state index in [9.17, 15) is 9.59 Å². The highest BCUT2D eigenvalue weighted by atomic mass is 35.5. The Balaban J connectivity index is 2.17. The zero-order chi connectivity index (χ0) is 19.8. The second kappa shape index (κ2) is 10.3. The molecule has 0 spiro atoms. The Morgan fingerprint density at radius 3 is 2.44 bits per heavy atom. The fraction of sp³-hybridized carbons (Fsp3) is 0.333. The second-order valence-corrected chi connectivity index (χ2v) is 7.16. The molecule has 6 heteroatoms. The van der Waals surface area contributed by atoms with E-state index in [-0.39, 0.29) is 18.4 Å². The van der Waals surface area contributed by atoms with Gasteiger partial charge in [0.05, 0.1) is 0 Å². The Morgan fingerprint density at radius 2 is 1.81 bits per heavy atom. The van der Waals surface area contributed by atoms with Gasteiger partial charge >= 0.3 is 0 Å². The maximum Gasteiger partial charge on any atom is 0.242 e. The highest BCUT2D eigenvalue weighted by Gasteiger charge is 2.26. The van der Waals surface area contributed by atoms with E-state index in [1.165, 1.54) is 0 Å². The average molecular weight is 407 g/mol. The first-order chi connectivity index (χ1) is 12.9. The van der Waals surface area contributed by atoms with Crippen molar-refractivity contribution in [1.29, 1.82) is 0 Å². The predicted octanol–water partition coefficient (Wildman–Crippen LogP) is 4.48. The molecule has 2 aromatic rings. The molecule has 2 amide bonds. The van der Waals surface area contributed by atoms with Crippen LogP contribution in [0.4, 0.5) is 0 Å². The molecule has 2 aromatic carbocycles. The van der Waals surface area contributed by atoms with E-state index in [1.807, 2.05) is 37.3 Å². The fourth-order valence-electron chi connectivity index (χ4n) is 2.78. The Bertz CT molecular complexity index is 781. The summed E-state index contributed by atoms with van der Waals surface area (Å²) in [6.45, 7) is 4.34. The highest BCUT2D eigenvalue weighted by Crippen LogP contribution is 2.23. The highest BCUT2D eigenvalue weighted by molar-refractivity contribution is 6.35. The summed E-state index contributed by atoms with van der Waals surface area (Å²) < 4.78 is 0. The largest absolute Gasteiger partial charge is 0.355 e. The number of nitrogens with one attached hydrogen (secondary N) is 1. The zero-order valence-electron chi connectivity index (χ0n) is 15.5. The van der Waals surface area contributed by atoms with Gasteiger partial charge in [0.1, 0.15) is 6.04 Å². The number of hydrogen-bond acceptors (Lipinski definition) is 2. The number of carbonyl (C=O) groups excluding carboxylic acids is 2. The number of likely N-dealkylation sites (N-methyl/N-ethyl adjacent to an activating group) is 1. The van der Waals surface area contributed by atoms with Crippen molar-refractivity contribution in [3.8, 4) is 0 Å². The number of carbonyl (C=O) groups is 2. The molecule has 0 aliphatic heterocycles. The molecule has 27 heavy (non-hydrogen) atoms. The second-order valence-electron chi connectivity index (χ2n) is 6.31. The third-order valence-electron chi connectivity index (χ3n) is 4.34. The zero-order valence-corrected chi connectivity index (χ0v) is 17.1. The van der Waals surface area contributed by atoms with Gasteiger partial charge in [-0.25, -0.2) is 0 Å². The Hall–Kier alpha value is -2.04. The predicted molar refractivity (Wildman–Crippen MR) is 110 cm³/mol. The van der Waals surface area contributed by atoms with Crippen LogP contribution in [0.3, 0.4) is 0 Å². The van der Waals surface area contributed by atoms with Gasteiger partial charge < -0.3 is 10.2 Å². The van der Waals surface area contributed by atoms with Gasteiger partial charge in [0.15, 0.2) is 0 Å². The maximum absolute atomic E-state index is 12.9. The smallest absolute Gasteiger partial charge is 0.242 e. The summed E-state index contributed by atoms with van der Waals surface area (Å²) in [4.78, 5) is 26.8. The SMILES string of the molecule is CCNC(=O)[C@H](C)N(Cc1ccc(Cl)cc1Cl)C(=O)CCc1ccccc1. The van der Waals surface area contributed by atoms with E-state index in [1.54, 1.807) is 30.0 Å².